The summed E-state index contributed by atoms with van der Waals surface area (Å²) in [5.74, 6) is 5.40. The van der Waals surface area contributed by atoms with Gasteiger partial charge in [0.1, 0.15) is 12.7 Å². The maximum atomic E-state index is 5.40. The molecule has 0 unspecified atom stereocenters. The Bertz CT molecular complexity index is 318. The van der Waals surface area contributed by atoms with E-state index in [-0.39, 0.29) is 0 Å². The van der Waals surface area contributed by atoms with Crippen molar-refractivity contribution in [1.82, 2.24) is 19.3 Å². The van der Waals surface area contributed by atoms with Crippen LogP contribution in [0.15, 0.2) is 18.9 Å². The Labute approximate surface area is 50.7 Å². The summed E-state index contributed by atoms with van der Waals surface area (Å²) in [4.78, 5) is 9.10. The molecule has 5 heteroatoms. The van der Waals surface area contributed by atoms with Crippen molar-refractivity contribution >= 4 is 5.65 Å². The van der Waals surface area contributed by atoms with Gasteiger partial charge >= 0.3 is 0 Å². The number of hydrogen-bond donors (Lipinski definition) is 1. The van der Waals surface area contributed by atoms with Crippen LogP contribution in [0.5, 0.6) is 0 Å². The third-order valence-electron chi connectivity index (χ3n) is 1.16. The number of imidazole rings is 1. The average molecular weight is 123 g/mol. The molecule has 2 aromatic heterocycles. The minimum Gasteiger partial charge on any atom is -0.323 e. The maximum Gasteiger partial charge on any atom is 0.175 e. The molecule has 0 bridgehead atoms. The van der Waals surface area contributed by atoms with Gasteiger partial charge in [-0.2, -0.15) is 4.79 Å². The van der Waals surface area contributed by atoms with E-state index in [1.54, 1.807) is 17.0 Å². The van der Waals surface area contributed by atoms with Gasteiger partial charge in [0.2, 0.25) is 0 Å². The molecule has 0 aromatic carbocycles. The van der Waals surface area contributed by atoms with Gasteiger partial charge in [-0.1, -0.05) is 0 Å². The fourth-order valence-corrected chi connectivity index (χ4v) is 0.726. The second-order valence-electron chi connectivity index (χ2n) is 1.72. The summed E-state index contributed by atoms with van der Waals surface area (Å²) in [5.41, 5.74) is 0.762. The van der Waals surface area contributed by atoms with E-state index in [2.05, 4.69) is 9.97 Å². The molecular weight excluding hydrogens is 118 g/mol. The zero-order valence-corrected chi connectivity index (χ0v) is 4.60. The Morgan fingerprint density at radius 1 is 1.44 bits per heavy atom. The Hall–Kier alpha value is -1.52. The Kier molecular flexibility index (Phi) is 0.606. The van der Waals surface area contributed by atoms with Crippen LogP contribution >= 0.6 is 0 Å². The Balaban J connectivity index is 2.99. The SMILES string of the molecule is Nn1cnc2cncn21. The van der Waals surface area contributed by atoms with Gasteiger partial charge in [0, 0.05) is 0 Å². The van der Waals surface area contributed by atoms with Gasteiger partial charge < -0.3 is 5.84 Å². The summed E-state index contributed by atoms with van der Waals surface area (Å²) >= 11 is 0. The molecule has 0 aliphatic carbocycles. The molecule has 0 saturated carbocycles. The quantitative estimate of drug-likeness (QED) is 0.468. The highest BCUT2D eigenvalue weighted by molar-refractivity contribution is 5.31. The molecule has 5 nitrogen and oxygen atoms in total. The highest BCUT2D eigenvalue weighted by Crippen LogP contribution is 1.92. The van der Waals surface area contributed by atoms with E-state index in [1.807, 2.05) is 0 Å². The van der Waals surface area contributed by atoms with Crippen LogP contribution in [0.1, 0.15) is 0 Å². The number of aromatic nitrogens is 4. The molecule has 0 saturated heterocycles. The summed E-state index contributed by atoms with van der Waals surface area (Å²) in [5, 5.41) is 0. The number of nitrogens with zero attached hydrogens (tertiary/aromatic N) is 4. The number of fused-ring (bicyclic) bond motifs is 1. The molecule has 0 spiro atoms. The van der Waals surface area contributed by atoms with Crippen LogP contribution in [0.4, 0.5) is 0 Å². The van der Waals surface area contributed by atoms with E-state index in [0.29, 0.717) is 0 Å². The lowest BCUT2D eigenvalue weighted by Crippen LogP contribution is -2.12. The van der Waals surface area contributed by atoms with Gasteiger partial charge in [-0.05, 0) is 0 Å². The monoisotopic (exact) mass is 123 g/mol. The van der Waals surface area contributed by atoms with Gasteiger partial charge in [-0.3, -0.25) is 0 Å². The van der Waals surface area contributed by atoms with Crippen molar-refractivity contribution in [2.75, 3.05) is 5.84 Å². The molecule has 0 aliphatic heterocycles. The fraction of sp³-hybridized carbons (Fsp3) is 0. The number of hydrogen-bond acceptors (Lipinski definition) is 3. The van der Waals surface area contributed by atoms with Gasteiger partial charge in [-0.15, -0.1) is 0 Å². The van der Waals surface area contributed by atoms with Crippen molar-refractivity contribution in [3.8, 4) is 0 Å². The topological polar surface area (TPSA) is 61.1 Å². The first-order valence-corrected chi connectivity index (χ1v) is 2.49. The molecule has 0 amide bonds. The molecule has 46 valence electrons. The maximum absolute atomic E-state index is 5.40. The zero-order chi connectivity index (χ0) is 6.27. The fourth-order valence-electron chi connectivity index (χ4n) is 0.726. The van der Waals surface area contributed by atoms with Crippen molar-refractivity contribution in [3.63, 3.8) is 0 Å². The lowest BCUT2D eigenvalue weighted by atomic mass is 10.8. The van der Waals surface area contributed by atoms with Gasteiger partial charge in [0.25, 0.3) is 0 Å². The molecule has 0 atom stereocenters. The number of nitrogens with two attached hydrogens (primary N) is 1. The summed E-state index contributed by atoms with van der Waals surface area (Å²) in [6.45, 7) is 0. The van der Waals surface area contributed by atoms with Crippen molar-refractivity contribution < 1.29 is 0 Å². The molecule has 2 heterocycles. The van der Waals surface area contributed by atoms with Crippen molar-refractivity contribution in [1.29, 1.82) is 0 Å². The van der Waals surface area contributed by atoms with Crippen LogP contribution in [0.3, 0.4) is 0 Å². The Morgan fingerprint density at radius 2 is 2.33 bits per heavy atom. The Morgan fingerprint density at radius 3 is 3.11 bits per heavy atom. The van der Waals surface area contributed by atoms with Crippen LogP contribution in [-0.2, 0) is 0 Å². The lowest BCUT2D eigenvalue weighted by molar-refractivity contribution is 0.754. The van der Waals surface area contributed by atoms with E-state index in [1.165, 1.54) is 11.1 Å². The zero-order valence-electron chi connectivity index (χ0n) is 4.60. The van der Waals surface area contributed by atoms with Gasteiger partial charge in [-0.25, -0.2) is 14.5 Å². The second-order valence-corrected chi connectivity index (χ2v) is 1.72. The van der Waals surface area contributed by atoms with Crippen LogP contribution in [0.25, 0.3) is 5.65 Å². The minimum absolute atomic E-state index is 0.762. The number of nitrogen functional groups attached to an aromatic ring is 1. The standard InChI is InChI=1S/C4H5N5/c5-9-3-7-4-1-6-2-8(4)9/h1-3H,5H2. The van der Waals surface area contributed by atoms with Crippen molar-refractivity contribution in [3.05, 3.63) is 18.9 Å². The molecule has 2 aromatic rings. The number of rotatable bonds is 0. The lowest BCUT2D eigenvalue weighted by Gasteiger charge is -1.88. The first-order valence-electron chi connectivity index (χ1n) is 2.49. The minimum atomic E-state index is 0.762. The summed E-state index contributed by atoms with van der Waals surface area (Å²) < 4.78 is 1.64. The van der Waals surface area contributed by atoms with E-state index in [0.717, 1.165) is 5.65 Å². The van der Waals surface area contributed by atoms with Crippen LogP contribution < -0.4 is 5.84 Å². The van der Waals surface area contributed by atoms with Crippen LogP contribution in [0, 0.1) is 0 Å². The van der Waals surface area contributed by atoms with Gasteiger partial charge in [0.05, 0.1) is 6.20 Å². The second kappa shape index (κ2) is 1.25. The first-order chi connectivity index (χ1) is 4.38. The molecule has 0 aliphatic rings. The third-order valence-corrected chi connectivity index (χ3v) is 1.16. The van der Waals surface area contributed by atoms with Crippen LogP contribution in [-0.4, -0.2) is 19.3 Å². The molecule has 2 rings (SSSR count). The predicted octanol–water partition coefficient (Wildman–Crippen LogP) is -0.755. The first kappa shape index (κ1) is 4.37. The largest absolute Gasteiger partial charge is 0.323 e. The van der Waals surface area contributed by atoms with Crippen molar-refractivity contribution in [2.45, 2.75) is 0 Å². The molecule has 9 heavy (non-hydrogen) atoms. The van der Waals surface area contributed by atoms with Gasteiger partial charge in [0.15, 0.2) is 5.65 Å². The average Bonchev–Trinajstić information content (AvgIpc) is 2.35. The highest BCUT2D eigenvalue weighted by atomic mass is 15.6. The molecule has 0 radical (unpaired) electrons. The predicted molar refractivity (Wildman–Crippen MR) is 31.1 cm³/mol. The van der Waals surface area contributed by atoms with E-state index >= 15 is 0 Å². The van der Waals surface area contributed by atoms with E-state index < -0.39 is 0 Å². The normalized spacial score (nSPS) is 10.7. The third kappa shape index (κ3) is 0.426. The van der Waals surface area contributed by atoms with Crippen molar-refractivity contribution in [2.24, 2.45) is 0 Å². The summed E-state index contributed by atoms with van der Waals surface area (Å²) in [6.07, 6.45) is 4.77. The summed E-state index contributed by atoms with van der Waals surface area (Å²) in [6, 6.07) is 0. The highest BCUT2D eigenvalue weighted by Gasteiger charge is 1.94. The van der Waals surface area contributed by atoms with E-state index in [9.17, 15) is 0 Å². The molecule has 2 N–H and O–H groups in total. The van der Waals surface area contributed by atoms with E-state index in [4.69, 9.17) is 5.84 Å². The molecule has 0 fully saturated rings. The molecular formula is C4H5N5. The van der Waals surface area contributed by atoms with Crippen LogP contribution in [0.2, 0.25) is 0 Å². The summed E-state index contributed by atoms with van der Waals surface area (Å²) in [7, 11) is 0. The smallest absolute Gasteiger partial charge is 0.175 e.